The number of nitrogens with two attached hydrogens (primary N) is 1. The summed E-state index contributed by atoms with van der Waals surface area (Å²) < 4.78 is 0.987. The first-order chi connectivity index (χ1) is 10.0. The van der Waals surface area contributed by atoms with Crippen LogP contribution in [0.3, 0.4) is 0 Å². The molecule has 106 valence electrons. The van der Waals surface area contributed by atoms with Crippen molar-refractivity contribution in [3.8, 4) is 0 Å². The fourth-order valence-corrected chi connectivity index (χ4v) is 2.76. The standard InChI is InChI=1S/C16H14BrN3O/c1-9-6-10(17)2-5-14(9)20-16(21)13-8-19-15-7-11(18)3-4-12(13)15/h2-8,19H,18H2,1H3,(H,20,21). The number of nitrogens with one attached hydrogen (secondary N) is 2. The van der Waals surface area contributed by atoms with Crippen LogP contribution in [0.1, 0.15) is 15.9 Å². The monoisotopic (exact) mass is 343 g/mol. The molecule has 2 aromatic carbocycles. The number of anilines is 2. The van der Waals surface area contributed by atoms with E-state index >= 15 is 0 Å². The van der Waals surface area contributed by atoms with Crippen LogP contribution in [0.15, 0.2) is 47.1 Å². The third kappa shape index (κ3) is 2.64. The number of halogens is 1. The van der Waals surface area contributed by atoms with Crippen LogP contribution >= 0.6 is 15.9 Å². The molecule has 0 radical (unpaired) electrons. The molecule has 0 unspecified atom stereocenters. The second-order valence-corrected chi connectivity index (χ2v) is 5.84. The van der Waals surface area contributed by atoms with Gasteiger partial charge < -0.3 is 16.0 Å². The van der Waals surface area contributed by atoms with E-state index in [9.17, 15) is 4.79 Å². The lowest BCUT2D eigenvalue weighted by molar-refractivity contribution is 0.102. The van der Waals surface area contributed by atoms with Gasteiger partial charge in [-0.3, -0.25) is 4.79 Å². The van der Waals surface area contributed by atoms with Crippen molar-refractivity contribution in [3.63, 3.8) is 0 Å². The van der Waals surface area contributed by atoms with Gasteiger partial charge in [-0.2, -0.15) is 0 Å². The van der Waals surface area contributed by atoms with Crippen LogP contribution < -0.4 is 11.1 Å². The summed E-state index contributed by atoms with van der Waals surface area (Å²) in [4.78, 5) is 15.5. The topological polar surface area (TPSA) is 70.9 Å². The van der Waals surface area contributed by atoms with Crippen molar-refractivity contribution in [1.82, 2.24) is 4.98 Å². The zero-order valence-electron chi connectivity index (χ0n) is 11.4. The summed E-state index contributed by atoms with van der Waals surface area (Å²) in [7, 11) is 0. The molecule has 0 aliphatic rings. The highest BCUT2D eigenvalue weighted by molar-refractivity contribution is 9.10. The Balaban J connectivity index is 1.94. The Morgan fingerprint density at radius 2 is 2.05 bits per heavy atom. The molecule has 0 spiro atoms. The Morgan fingerprint density at radius 1 is 1.24 bits per heavy atom. The van der Waals surface area contributed by atoms with Crippen LogP contribution in [0.2, 0.25) is 0 Å². The summed E-state index contributed by atoms with van der Waals surface area (Å²) in [5.41, 5.74) is 9.67. The number of nitrogen functional groups attached to an aromatic ring is 1. The number of aryl methyl sites for hydroxylation is 1. The number of hydrogen-bond acceptors (Lipinski definition) is 2. The summed E-state index contributed by atoms with van der Waals surface area (Å²) in [6, 6.07) is 11.2. The van der Waals surface area contributed by atoms with Gasteiger partial charge in [-0.05, 0) is 48.9 Å². The van der Waals surface area contributed by atoms with Crippen LogP contribution in [0.4, 0.5) is 11.4 Å². The van der Waals surface area contributed by atoms with Gasteiger partial charge in [0, 0.05) is 32.9 Å². The highest BCUT2D eigenvalue weighted by atomic mass is 79.9. The van der Waals surface area contributed by atoms with Crippen molar-refractivity contribution in [3.05, 3.63) is 58.2 Å². The Labute approximate surface area is 130 Å². The first-order valence-electron chi connectivity index (χ1n) is 6.49. The van der Waals surface area contributed by atoms with Gasteiger partial charge >= 0.3 is 0 Å². The predicted octanol–water partition coefficient (Wildman–Crippen LogP) is 4.07. The molecule has 3 aromatic rings. The summed E-state index contributed by atoms with van der Waals surface area (Å²) in [6.07, 6.45) is 1.70. The van der Waals surface area contributed by atoms with Gasteiger partial charge in [-0.25, -0.2) is 0 Å². The number of rotatable bonds is 2. The molecule has 3 rings (SSSR count). The first-order valence-corrected chi connectivity index (χ1v) is 7.28. The van der Waals surface area contributed by atoms with Crippen molar-refractivity contribution in [2.75, 3.05) is 11.1 Å². The lowest BCUT2D eigenvalue weighted by Gasteiger charge is -2.08. The van der Waals surface area contributed by atoms with Crippen molar-refractivity contribution < 1.29 is 4.79 Å². The van der Waals surface area contributed by atoms with Crippen molar-refractivity contribution in [2.45, 2.75) is 6.92 Å². The quantitative estimate of drug-likeness (QED) is 0.613. The predicted molar refractivity (Wildman–Crippen MR) is 89.5 cm³/mol. The van der Waals surface area contributed by atoms with E-state index in [1.807, 2.05) is 37.3 Å². The second kappa shape index (κ2) is 5.26. The minimum Gasteiger partial charge on any atom is -0.399 e. The molecule has 0 aliphatic carbocycles. The molecule has 0 fully saturated rings. The fraction of sp³-hybridized carbons (Fsp3) is 0.0625. The summed E-state index contributed by atoms with van der Waals surface area (Å²) in [5, 5.41) is 3.79. The molecule has 0 saturated carbocycles. The van der Waals surface area contributed by atoms with E-state index in [0.717, 1.165) is 26.6 Å². The highest BCUT2D eigenvalue weighted by Gasteiger charge is 2.13. The Hall–Kier alpha value is -2.27. The second-order valence-electron chi connectivity index (χ2n) is 4.92. The highest BCUT2D eigenvalue weighted by Crippen LogP contribution is 2.24. The number of aromatic nitrogens is 1. The van der Waals surface area contributed by atoms with Gasteiger partial charge in [0.2, 0.25) is 0 Å². The van der Waals surface area contributed by atoms with E-state index in [-0.39, 0.29) is 5.91 Å². The maximum absolute atomic E-state index is 12.4. The van der Waals surface area contributed by atoms with Gasteiger partial charge in [0.15, 0.2) is 0 Å². The molecule has 1 amide bonds. The average Bonchev–Trinajstić information content (AvgIpc) is 2.84. The van der Waals surface area contributed by atoms with Crippen LogP contribution in [0.25, 0.3) is 10.9 Å². The van der Waals surface area contributed by atoms with Gasteiger partial charge in [-0.15, -0.1) is 0 Å². The van der Waals surface area contributed by atoms with E-state index < -0.39 is 0 Å². The van der Waals surface area contributed by atoms with E-state index in [1.54, 1.807) is 12.3 Å². The van der Waals surface area contributed by atoms with Crippen molar-refractivity contribution >= 4 is 44.1 Å². The molecule has 0 saturated heterocycles. The van der Waals surface area contributed by atoms with Gasteiger partial charge in [-0.1, -0.05) is 15.9 Å². The molecule has 1 aromatic heterocycles. The number of benzene rings is 2. The number of fused-ring (bicyclic) bond motifs is 1. The number of hydrogen-bond donors (Lipinski definition) is 3. The molecule has 21 heavy (non-hydrogen) atoms. The Morgan fingerprint density at radius 3 is 2.81 bits per heavy atom. The van der Waals surface area contributed by atoms with Crippen LogP contribution in [-0.4, -0.2) is 10.9 Å². The number of H-pyrrole nitrogens is 1. The lowest BCUT2D eigenvalue weighted by Crippen LogP contribution is -2.12. The smallest absolute Gasteiger partial charge is 0.257 e. The third-order valence-electron chi connectivity index (χ3n) is 3.39. The first kappa shape index (κ1) is 13.7. The van der Waals surface area contributed by atoms with Crippen LogP contribution in [-0.2, 0) is 0 Å². The van der Waals surface area contributed by atoms with Gasteiger partial charge in [0.1, 0.15) is 0 Å². The maximum atomic E-state index is 12.4. The van der Waals surface area contributed by atoms with E-state index in [1.165, 1.54) is 0 Å². The van der Waals surface area contributed by atoms with Crippen molar-refractivity contribution in [2.24, 2.45) is 0 Å². The molecule has 4 N–H and O–H groups in total. The molecule has 5 heteroatoms. The minimum absolute atomic E-state index is 0.142. The Kier molecular flexibility index (Phi) is 3.43. The fourth-order valence-electron chi connectivity index (χ4n) is 2.29. The third-order valence-corrected chi connectivity index (χ3v) is 3.88. The Bertz CT molecular complexity index is 839. The molecule has 1 heterocycles. The molecule has 0 aliphatic heterocycles. The van der Waals surface area contributed by atoms with Crippen LogP contribution in [0.5, 0.6) is 0 Å². The zero-order valence-corrected chi connectivity index (χ0v) is 13.0. The molecule has 0 bridgehead atoms. The normalized spacial score (nSPS) is 10.8. The number of amides is 1. The molecular formula is C16H14BrN3O. The maximum Gasteiger partial charge on any atom is 0.257 e. The molecule has 4 nitrogen and oxygen atoms in total. The van der Waals surface area contributed by atoms with Gasteiger partial charge in [0.25, 0.3) is 5.91 Å². The van der Waals surface area contributed by atoms with E-state index in [0.29, 0.717) is 11.3 Å². The summed E-state index contributed by atoms with van der Waals surface area (Å²) >= 11 is 3.41. The number of carbonyl (C=O) groups is 1. The summed E-state index contributed by atoms with van der Waals surface area (Å²) in [6.45, 7) is 1.95. The SMILES string of the molecule is Cc1cc(Br)ccc1NC(=O)c1c[nH]c2cc(N)ccc12. The zero-order chi connectivity index (χ0) is 15.0. The van der Waals surface area contributed by atoms with Crippen molar-refractivity contribution in [1.29, 1.82) is 0 Å². The molecular weight excluding hydrogens is 330 g/mol. The van der Waals surface area contributed by atoms with Gasteiger partial charge in [0.05, 0.1) is 5.56 Å². The number of carbonyl (C=O) groups excluding carboxylic acids is 1. The van der Waals surface area contributed by atoms with E-state index in [4.69, 9.17) is 5.73 Å². The lowest BCUT2D eigenvalue weighted by atomic mass is 10.1. The average molecular weight is 344 g/mol. The summed E-state index contributed by atoms with van der Waals surface area (Å²) in [5.74, 6) is -0.142. The molecule has 0 atom stereocenters. The van der Waals surface area contributed by atoms with E-state index in [2.05, 4.69) is 26.2 Å². The number of aromatic amines is 1. The largest absolute Gasteiger partial charge is 0.399 e. The minimum atomic E-state index is -0.142. The van der Waals surface area contributed by atoms with Crippen LogP contribution in [0, 0.1) is 6.92 Å².